The van der Waals surface area contributed by atoms with Gasteiger partial charge in [-0.3, -0.25) is 4.79 Å². The molecule has 0 bridgehead atoms. The van der Waals surface area contributed by atoms with E-state index in [1.807, 2.05) is 41.4 Å². The molecule has 4 rings (SSSR count). The highest BCUT2D eigenvalue weighted by atomic mass is 19.1. The fourth-order valence-electron chi connectivity index (χ4n) is 3.82. The van der Waals surface area contributed by atoms with Crippen LogP contribution in [0.2, 0.25) is 0 Å². The topological polar surface area (TPSA) is 62.1 Å². The van der Waals surface area contributed by atoms with Crippen molar-refractivity contribution in [3.63, 3.8) is 0 Å². The Morgan fingerprint density at radius 2 is 1.88 bits per heavy atom. The molecule has 2 aromatic carbocycles. The monoisotopic (exact) mass is 351 g/mol. The fourth-order valence-corrected chi connectivity index (χ4v) is 3.82. The number of rotatable bonds is 3. The molecule has 0 unspecified atom stereocenters. The first-order valence-corrected chi connectivity index (χ1v) is 9.00. The average Bonchev–Trinajstić information content (AvgIpc) is 3.10. The van der Waals surface area contributed by atoms with Gasteiger partial charge in [-0.2, -0.15) is 0 Å². The smallest absolute Gasteiger partial charge is 0.253 e. The zero-order chi connectivity index (χ0) is 18.1. The highest BCUT2D eigenvalue weighted by molar-refractivity contribution is 5.94. The van der Waals surface area contributed by atoms with Gasteiger partial charge in [0.2, 0.25) is 0 Å². The van der Waals surface area contributed by atoms with Crippen LogP contribution in [0, 0.1) is 5.82 Å². The molecule has 5 heteroatoms. The van der Waals surface area contributed by atoms with E-state index >= 15 is 0 Å². The lowest BCUT2D eigenvalue weighted by Gasteiger charge is -2.32. The summed E-state index contributed by atoms with van der Waals surface area (Å²) in [4.78, 5) is 17.8. The molecular formula is C21H22FN3O. The molecule has 0 spiro atoms. The van der Waals surface area contributed by atoms with Crippen LogP contribution in [0.25, 0.3) is 10.9 Å². The van der Waals surface area contributed by atoms with Crippen molar-refractivity contribution in [2.24, 2.45) is 5.73 Å². The minimum absolute atomic E-state index is 0.0769. The zero-order valence-corrected chi connectivity index (χ0v) is 14.5. The molecule has 0 radical (unpaired) electrons. The Labute approximate surface area is 151 Å². The second kappa shape index (κ2) is 6.92. The van der Waals surface area contributed by atoms with Crippen molar-refractivity contribution in [3.05, 3.63) is 71.2 Å². The van der Waals surface area contributed by atoms with Crippen molar-refractivity contribution in [1.82, 2.24) is 9.88 Å². The van der Waals surface area contributed by atoms with Gasteiger partial charge in [0.05, 0.1) is 0 Å². The van der Waals surface area contributed by atoms with Crippen molar-refractivity contribution in [2.75, 3.05) is 13.1 Å². The van der Waals surface area contributed by atoms with Crippen LogP contribution < -0.4 is 5.73 Å². The van der Waals surface area contributed by atoms with Gasteiger partial charge in [0, 0.05) is 42.3 Å². The number of likely N-dealkylation sites (tertiary alicyclic amines) is 1. The van der Waals surface area contributed by atoms with E-state index in [4.69, 9.17) is 5.73 Å². The number of hydrogen-bond donors (Lipinski definition) is 2. The number of benzene rings is 2. The van der Waals surface area contributed by atoms with Crippen molar-refractivity contribution in [2.45, 2.75) is 25.3 Å². The second-order valence-electron chi connectivity index (χ2n) is 6.90. The Kier molecular flexibility index (Phi) is 4.47. The number of aromatic nitrogens is 1. The van der Waals surface area contributed by atoms with Gasteiger partial charge in [0.25, 0.3) is 5.91 Å². The maximum absolute atomic E-state index is 13.4. The summed E-state index contributed by atoms with van der Waals surface area (Å²) in [6.07, 6.45) is 3.81. The van der Waals surface area contributed by atoms with Gasteiger partial charge < -0.3 is 15.6 Å². The molecule has 1 aromatic heterocycles. The van der Waals surface area contributed by atoms with Gasteiger partial charge in [-0.15, -0.1) is 0 Å². The summed E-state index contributed by atoms with van der Waals surface area (Å²) in [7, 11) is 0. The number of carbonyl (C=O) groups is 1. The number of halogens is 1. The molecule has 26 heavy (non-hydrogen) atoms. The summed E-state index contributed by atoms with van der Waals surface area (Å²) in [6, 6.07) is 12.4. The molecule has 134 valence electrons. The third kappa shape index (κ3) is 3.10. The molecule has 0 aliphatic carbocycles. The Bertz CT molecular complexity index is 924. The average molecular weight is 351 g/mol. The zero-order valence-electron chi connectivity index (χ0n) is 14.5. The molecule has 3 N–H and O–H groups in total. The molecule has 1 fully saturated rings. The third-order valence-electron chi connectivity index (χ3n) is 5.33. The number of nitrogens with one attached hydrogen (secondary N) is 1. The Balaban J connectivity index is 1.45. The van der Waals surface area contributed by atoms with Crippen molar-refractivity contribution in [1.29, 1.82) is 0 Å². The largest absolute Gasteiger partial charge is 0.361 e. The van der Waals surface area contributed by atoms with Crippen LogP contribution in [-0.2, 0) is 6.54 Å². The van der Waals surface area contributed by atoms with E-state index in [1.165, 1.54) is 17.7 Å². The van der Waals surface area contributed by atoms with Gasteiger partial charge in [0.1, 0.15) is 5.82 Å². The van der Waals surface area contributed by atoms with Gasteiger partial charge in [0.15, 0.2) is 0 Å². The number of fused-ring (bicyclic) bond motifs is 1. The number of H-pyrrole nitrogens is 1. The first-order valence-electron chi connectivity index (χ1n) is 9.00. The van der Waals surface area contributed by atoms with Crippen LogP contribution in [0.3, 0.4) is 0 Å². The SMILES string of the molecule is NCc1ccc(C(=O)N2CCC(c3c[nH]c4cc(F)ccc34)CC2)cc1. The summed E-state index contributed by atoms with van der Waals surface area (Å²) < 4.78 is 13.4. The number of hydrogen-bond acceptors (Lipinski definition) is 2. The maximum Gasteiger partial charge on any atom is 0.253 e. The summed E-state index contributed by atoms with van der Waals surface area (Å²) in [5.74, 6) is 0.234. The summed E-state index contributed by atoms with van der Waals surface area (Å²) >= 11 is 0. The number of nitrogens with two attached hydrogens (primary N) is 1. The molecule has 0 saturated carbocycles. The predicted octanol–water partition coefficient (Wildman–Crippen LogP) is 3.79. The number of nitrogens with zero attached hydrogens (tertiary/aromatic N) is 1. The number of amides is 1. The van der Waals surface area contributed by atoms with Crippen LogP contribution in [0.15, 0.2) is 48.7 Å². The molecule has 4 nitrogen and oxygen atoms in total. The van der Waals surface area contributed by atoms with E-state index < -0.39 is 0 Å². The molecule has 1 aliphatic rings. The number of aromatic amines is 1. The second-order valence-corrected chi connectivity index (χ2v) is 6.90. The Morgan fingerprint density at radius 1 is 1.15 bits per heavy atom. The molecule has 1 aliphatic heterocycles. The van der Waals surface area contributed by atoms with Crippen LogP contribution in [0.5, 0.6) is 0 Å². The maximum atomic E-state index is 13.4. The third-order valence-corrected chi connectivity index (χ3v) is 5.33. The van der Waals surface area contributed by atoms with Crippen molar-refractivity contribution < 1.29 is 9.18 Å². The quantitative estimate of drug-likeness (QED) is 0.754. The summed E-state index contributed by atoms with van der Waals surface area (Å²) in [5.41, 5.74) is 9.40. The highest BCUT2D eigenvalue weighted by Crippen LogP contribution is 2.33. The van der Waals surface area contributed by atoms with Crippen LogP contribution >= 0.6 is 0 Å². The van der Waals surface area contributed by atoms with Gasteiger partial charge in [-0.05, 0) is 60.2 Å². The standard InChI is InChI=1S/C21H22FN3O/c22-17-5-6-18-19(13-24-20(18)11-17)15-7-9-25(10-8-15)21(26)16-3-1-14(12-23)2-4-16/h1-6,11,13,15,24H,7-10,12,23H2. The predicted molar refractivity (Wildman–Crippen MR) is 100 cm³/mol. The van der Waals surface area contributed by atoms with E-state index in [2.05, 4.69) is 4.98 Å². The molecular weight excluding hydrogens is 329 g/mol. The molecule has 0 atom stereocenters. The molecule has 3 aromatic rings. The van der Waals surface area contributed by atoms with Gasteiger partial charge in [-0.1, -0.05) is 12.1 Å². The number of carbonyl (C=O) groups excluding carboxylic acids is 1. The van der Waals surface area contributed by atoms with E-state index in [9.17, 15) is 9.18 Å². The highest BCUT2D eigenvalue weighted by Gasteiger charge is 2.26. The first kappa shape index (κ1) is 16.8. The van der Waals surface area contributed by atoms with E-state index in [1.54, 1.807) is 0 Å². The van der Waals surface area contributed by atoms with Crippen molar-refractivity contribution in [3.8, 4) is 0 Å². The molecule has 2 heterocycles. The van der Waals surface area contributed by atoms with Gasteiger partial charge in [-0.25, -0.2) is 4.39 Å². The lowest BCUT2D eigenvalue weighted by molar-refractivity contribution is 0.0713. The van der Waals surface area contributed by atoms with E-state index in [0.29, 0.717) is 18.0 Å². The normalized spacial score (nSPS) is 15.5. The lowest BCUT2D eigenvalue weighted by Crippen LogP contribution is -2.37. The van der Waals surface area contributed by atoms with Crippen LogP contribution in [0.1, 0.15) is 40.2 Å². The summed E-state index contributed by atoms with van der Waals surface area (Å²) in [5, 5.41) is 1.08. The van der Waals surface area contributed by atoms with Crippen LogP contribution in [-0.4, -0.2) is 28.9 Å². The molecule has 1 amide bonds. The van der Waals surface area contributed by atoms with E-state index in [-0.39, 0.29) is 11.7 Å². The van der Waals surface area contributed by atoms with Gasteiger partial charge >= 0.3 is 0 Å². The lowest BCUT2D eigenvalue weighted by atomic mass is 9.89. The number of piperidine rings is 1. The minimum atomic E-state index is -0.230. The van der Waals surface area contributed by atoms with Crippen LogP contribution in [0.4, 0.5) is 4.39 Å². The van der Waals surface area contributed by atoms with E-state index in [0.717, 1.165) is 42.4 Å². The fraction of sp³-hybridized carbons (Fsp3) is 0.286. The molecule has 1 saturated heterocycles. The Morgan fingerprint density at radius 3 is 2.58 bits per heavy atom. The Hall–Kier alpha value is -2.66. The van der Waals surface area contributed by atoms with Crippen molar-refractivity contribution >= 4 is 16.8 Å². The first-order chi connectivity index (χ1) is 12.7. The minimum Gasteiger partial charge on any atom is -0.361 e. The summed E-state index contributed by atoms with van der Waals surface area (Å²) in [6.45, 7) is 1.94.